The van der Waals surface area contributed by atoms with Crippen LogP contribution < -0.4 is 5.32 Å². The molecule has 1 unspecified atom stereocenters. The third-order valence-electron chi connectivity index (χ3n) is 2.91. The first-order chi connectivity index (χ1) is 9.24. The Morgan fingerprint density at radius 1 is 1.55 bits per heavy atom. The molecule has 0 aromatic rings. The summed E-state index contributed by atoms with van der Waals surface area (Å²) in [6.07, 6.45) is -5.47. The first-order valence-corrected chi connectivity index (χ1v) is 5.88. The van der Waals surface area contributed by atoms with E-state index in [9.17, 15) is 29.7 Å². The lowest BCUT2D eigenvalue weighted by Gasteiger charge is -2.41. The number of rotatable bonds is 5. The summed E-state index contributed by atoms with van der Waals surface area (Å²) in [6.45, 7) is 0.234. The lowest BCUT2D eigenvalue weighted by molar-refractivity contribution is -0.254. The SMILES string of the molecule is CC(=O)N[C@H]1C(C(=O)[C@H](O)CO)O[C@](O)(C=O)C[C@@H]1O. The number of aldehydes is 1. The predicted octanol–water partition coefficient (Wildman–Crippen LogP) is -3.55. The number of nitrogens with one attached hydrogen (secondary N) is 1. The fourth-order valence-electron chi connectivity index (χ4n) is 1.97. The summed E-state index contributed by atoms with van der Waals surface area (Å²) in [5, 5.41) is 39.9. The second kappa shape index (κ2) is 6.37. The van der Waals surface area contributed by atoms with Crippen molar-refractivity contribution < 1.29 is 39.5 Å². The summed E-state index contributed by atoms with van der Waals surface area (Å²) in [4.78, 5) is 33.7. The molecule has 1 heterocycles. The van der Waals surface area contributed by atoms with Crippen LogP contribution in [0.25, 0.3) is 0 Å². The highest BCUT2D eigenvalue weighted by atomic mass is 16.6. The molecule has 1 aliphatic rings. The van der Waals surface area contributed by atoms with Crippen molar-refractivity contribution in [3.63, 3.8) is 0 Å². The number of ether oxygens (including phenoxy) is 1. The smallest absolute Gasteiger partial charge is 0.226 e. The maximum atomic E-state index is 11.8. The van der Waals surface area contributed by atoms with E-state index in [1.165, 1.54) is 0 Å². The van der Waals surface area contributed by atoms with Gasteiger partial charge in [-0.2, -0.15) is 0 Å². The quantitative estimate of drug-likeness (QED) is 0.326. The van der Waals surface area contributed by atoms with Gasteiger partial charge in [0.2, 0.25) is 11.7 Å². The second-order valence-corrected chi connectivity index (χ2v) is 4.60. The van der Waals surface area contributed by atoms with Crippen LogP contribution in [-0.4, -0.2) is 75.2 Å². The molecule has 0 aromatic heterocycles. The zero-order valence-corrected chi connectivity index (χ0v) is 10.7. The molecule has 114 valence electrons. The molecule has 1 rings (SSSR count). The van der Waals surface area contributed by atoms with Crippen LogP contribution in [0.15, 0.2) is 0 Å². The van der Waals surface area contributed by atoms with E-state index >= 15 is 0 Å². The Kier molecular flexibility index (Phi) is 5.31. The van der Waals surface area contributed by atoms with Crippen molar-refractivity contribution in [1.29, 1.82) is 0 Å². The molecular formula is C11H17NO8. The number of hydrogen-bond donors (Lipinski definition) is 5. The van der Waals surface area contributed by atoms with Crippen molar-refractivity contribution in [1.82, 2.24) is 5.32 Å². The highest BCUT2D eigenvalue weighted by Crippen LogP contribution is 2.27. The van der Waals surface area contributed by atoms with Crippen LogP contribution in [0.1, 0.15) is 13.3 Å². The molecule has 0 aromatic carbocycles. The van der Waals surface area contributed by atoms with Crippen LogP contribution in [0.3, 0.4) is 0 Å². The molecule has 0 aliphatic carbocycles. The highest BCUT2D eigenvalue weighted by Gasteiger charge is 2.50. The Labute approximate surface area is 114 Å². The van der Waals surface area contributed by atoms with Gasteiger partial charge in [-0.15, -0.1) is 0 Å². The number of Topliss-reactive ketones (excluding diaryl/α,β-unsaturated/α-hetero) is 1. The Balaban J connectivity index is 3.04. The summed E-state index contributed by atoms with van der Waals surface area (Å²) in [7, 11) is 0. The van der Waals surface area contributed by atoms with Crippen molar-refractivity contribution in [2.24, 2.45) is 0 Å². The van der Waals surface area contributed by atoms with E-state index in [1.807, 2.05) is 0 Å². The molecule has 5 N–H and O–H groups in total. The molecule has 9 nitrogen and oxygen atoms in total. The zero-order chi connectivity index (χ0) is 15.5. The van der Waals surface area contributed by atoms with E-state index in [4.69, 9.17) is 9.84 Å². The molecule has 0 radical (unpaired) electrons. The Bertz CT molecular complexity index is 400. The first-order valence-electron chi connectivity index (χ1n) is 5.88. The Hall–Kier alpha value is -1.39. The van der Waals surface area contributed by atoms with E-state index in [1.54, 1.807) is 0 Å². The number of carbonyl (C=O) groups excluding carboxylic acids is 3. The maximum absolute atomic E-state index is 11.8. The summed E-state index contributed by atoms with van der Waals surface area (Å²) < 4.78 is 4.88. The van der Waals surface area contributed by atoms with Crippen molar-refractivity contribution in [3.8, 4) is 0 Å². The number of amides is 1. The van der Waals surface area contributed by atoms with Crippen LogP contribution >= 0.6 is 0 Å². The standard InChI is InChI=1S/C11H17NO8/c1-5(15)12-8-6(16)2-11(19,4-14)20-10(8)9(18)7(17)3-13/h4,6-8,10,13,16-17,19H,2-3H2,1H3,(H,12,15)/t6-,7+,8+,10?,11-/m0/s1. The van der Waals surface area contributed by atoms with Gasteiger partial charge in [0.15, 0.2) is 12.1 Å². The Morgan fingerprint density at radius 3 is 2.60 bits per heavy atom. The molecule has 1 fully saturated rings. The number of aliphatic hydroxyl groups excluding tert-OH is 3. The lowest BCUT2D eigenvalue weighted by atomic mass is 9.90. The minimum absolute atomic E-state index is 0.00577. The lowest BCUT2D eigenvalue weighted by Crippen LogP contribution is -2.64. The third kappa shape index (κ3) is 3.58. The van der Waals surface area contributed by atoms with E-state index in [2.05, 4.69) is 5.32 Å². The normalized spacial score (nSPS) is 35.1. The maximum Gasteiger partial charge on any atom is 0.226 e. The van der Waals surface area contributed by atoms with Gasteiger partial charge >= 0.3 is 0 Å². The van der Waals surface area contributed by atoms with Crippen molar-refractivity contribution in [3.05, 3.63) is 0 Å². The minimum Gasteiger partial charge on any atom is -0.393 e. The summed E-state index contributed by atoms with van der Waals surface area (Å²) >= 11 is 0. The van der Waals surface area contributed by atoms with Crippen LogP contribution in [0, 0.1) is 0 Å². The fourth-order valence-corrected chi connectivity index (χ4v) is 1.97. The average Bonchev–Trinajstić information content (AvgIpc) is 2.39. The monoisotopic (exact) mass is 291 g/mol. The van der Waals surface area contributed by atoms with Crippen LogP contribution in [0.2, 0.25) is 0 Å². The van der Waals surface area contributed by atoms with Crippen molar-refractivity contribution in [2.45, 2.75) is 43.5 Å². The number of hydrogen-bond acceptors (Lipinski definition) is 8. The first kappa shape index (κ1) is 16.7. The van der Waals surface area contributed by atoms with Crippen molar-refractivity contribution in [2.75, 3.05) is 6.61 Å². The van der Waals surface area contributed by atoms with E-state index in [0.717, 1.165) is 6.92 Å². The largest absolute Gasteiger partial charge is 0.393 e. The highest BCUT2D eigenvalue weighted by molar-refractivity contribution is 5.89. The summed E-state index contributed by atoms with van der Waals surface area (Å²) in [6, 6.07) is -1.25. The molecule has 0 saturated carbocycles. The van der Waals surface area contributed by atoms with Gasteiger partial charge in [0.25, 0.3) is 0 Å². The molecule has 9 heteroatoms. The van der Waals surface area contributed by atoms with Gasteiger partial charge in [-0.05, 0) is 0 Å². The molecule has 1 aliphatic heterocycles. The molecule has 0 bridgehead atoms. The van der Waals surface area contributed by atoms with Gasteiger partial charge in [0.05, 0.1) is 18.8 Å². The van der Waals surface area contributed by atoms with Gasteiger partial charge in [0, 0.05) is 13.3 Å². The Morgan fingerprint density at radius 2 is 2.15 bits per heavy atom. The fraction of sp³-hybridized carbons (Fsp3) is 0.727. The second-order valence-electron chi connectivity index (χ2n) is 4.60. The van der Waals surface area contributed by atoms with E-state index in [0.29, 0.717) is 0 Å². The number of aliphatic hydroxyl groups is 4. The number of ketones is 1. The van der Waals surface area contributed by atoms with Crippen LogP contribution in [0.5, 0.6) is 0 Å². The van der Waals surface area contributed by atoms with Gasteiger partial charge < -0.3 is 30.5 Å². The number of carbonyl (C=O) groups is 3. The molecule has 5 atom stereocenters. The van der Waals surface area contributed by atoms with Crippen LogP contribution in [-0.2, 0) is 19.1 Å². The van der Waals surface area contributed by atoms with Gasteiger partial charge in [0.1, 0.15) is 12.2 Å². The van der Waals surface area contributed by atoms with E-state index < -0.39 is 54.9 Å². The minimum atomic E-state index is -2.40. The van der Waals surface area contributed by atoms with Crippen molar-refractivity contribution >= 4 is 18.0 Å². The van der Waals surface area contributed by atoms with Gasteiger partial charge in [-0.3, -0.25) is 14.4 Å². The van der Waals surface area contributed by atoms with Gasteiger partial charge in [-0.25, -0.2) is 0 Å². The molecule has 1 amide bonds. The molecular weight excluding hydrogens is 274 g/mol. The summed E-state index contributed by atoms with van der Waals surface area (Å²) in [5.74, 6) is -4.04. The molecule has 0 spiro atoms. The zero-order valence-electron chi connectivity index (χ0n) is 10.7. The average molecular weight is 291 g/mol. The molecule has 1 saturated heterocycles. The molecule has 20 heavy (non-hydrogen) atoms. The van der Waals surface area contributed by atoms with E-state index in [-0.39, 0.29) is 6.29 Å². The predicted molar refractivity (Wildman–Crippen MR) is 62.2 cm³/mol. The van der Waals surface area contributed by atoms with Gasteiger partial charge in [-0.1, -0.05) is 0 Å². The summed E-state index contributed by atoms with van der Waals surface area (Å²) in [5.41, 5.74) is 0. The third-order valence-corrected chi connectivity index (χ3v) is 2.91. The van der Waals surface area contributed by atoms with Crippen LogP contribution in [0.4, 0.5) is 0 Å². The topological polar surface area (TPSA) is 153 Å².